The van der Waals surface area contributed by atoms with Crippen LogP contribution >= 0.6 is 0 Å². The van der Waals surface area contributed by atoms with Crippen molar-refractivity contribution in [1.29, 1.82) is 0 Å². The molecule has 1 amide bonds. The van der Waals surface area contributed by atoms with Crippen LogP contribution in [-0.4, -0.2) is 27.3 Å². The summed E-state index contributed by atoms with van der Waals surface area (Å²) in [5.74, 6) is -0.286. The largest absolute Gasteiger partial charge is 0.326 e. The van der Waals surface area contributed by atoms with E-state index in [1.807, 2.05) is 0 Å². The predicted octanol–water partition coefficient (Wildman–Crippen LogP) is 1.69. The van der Waals surface area contributed by atoms with E-state index in [0.717, 1.165) is 12.1 Å². The topological polar surface area (TPSA) is 130 Å². The molecule has 24 heavy (non-hydrogen) atoms. The SMILES string of the molecule is CC(=O)Nc1ccc(S(=O)(=O)Nc2cccc(S(=O)(=O)O)c2)cc1. The van der Waals surface area contributed by atoms with Gasteiger partial charge in [0.25, 0.3) is 20.1 Å². The molecule has 0 aliphatic heterocycles. The van der Waals surface area contributed by atoms with Crippen molar-refractivity contribution in [2.45, 2.75) is 16.7 Å². The van der Waals surface area contributed by atoms with E-state index in [1.54, 1.807) is 0 Å². The Kier molecular flexibility index (Phi) is 4.92. The van der Waals surface area contributed by atoms with Crippen LogP contribution in [0.1, 0.15) is 6.92 Å². The third-order valence-corrected chi connectivity index (χ3v) is 5.12. The molecular weight excluding hydrogens is 356 g/mol. The van der Waals surface area contributed by atoms with Crippen molar-refractivity contribution in [1.82, 2.24) is 0 Å². The minimum atomic E-state index is -4.44. The van der Waals surface area contributed by atoms with E-state index in [-0.39, 0.29) is 16.5 Å². The summed E-state index contributed by atoms with van der Waals surface area (Å²) in [6.45, 7) is 1.33. The molecule has 0 spiro atoms. The minimum absolute atomic E-state index is 0.0175. The molecule has 2 rings (SSSR count). The van der Waals surface area contributed by atoms with Crippen LogP contribution < -0.4 is 10.0 Å². The van der Waals surface area contributed by atoms with Gasteiger partial charge >= 0.3 is 0 Å². The van der Waals surface area contributed by atoms with Gasteiger partial charge < -0.3 is 5.32 Å². The monoisotopic (exact) mass is 370 g/mol. The number of benzene rings is 2. The van der Waals surface area contributed by atoms with E-state index in [9.17, 15) is 21.6 Å². The molecule has 2 aromatic carbocycles. The normalized spacial score (nSPS) is 11.8. The van der Waals surface area contributed by atoms with Crippen molar-refractivity contribution >= 4 is 37.4 Å². The molecule has 0 bridgehead atoms. The molecule has 0 fully saturated rings. The molecule has 0 aromatic heterocycles. The van der Waals surface area contributed by atoms with Gasteiger partial charge in [0.05, 0.1) is 15.5 Å². The lowest BCUT2D eigenvalue weighted by atomic mass is 10.3. The molecule has 0 radical (unpaired) electrons. The molecular formula is C14H14N2O6S2. The van der Waals surface area contributed by atoms with Gasteiger partial charge in [-0.2, -0.15) is 8.42 Å². The van der Waals surface area contributed by atoms with Crippen LogP contribution in [-0.2, 0) is 24.9 Å². The van der Waals surface area contributed by atoms with Crippen LogP contribution in [0.25, 0.3) is 0 Å². The molecule has 0 atom stereocenters. The maximum Gasteiger partial charge on any atom is 0.294 e. The number of carbonyl (C=O) groups excluding carboxylic acids is 1. The highest BCUT2D eigenvalue weighted by Crippen LogP contribution is 2.20. The number of nitrogens with one attached hydrogen (secondary N) is 2. The first-order chi connectivity index (χ1) is 11.1. The fraction of sp³-hybridized carbons (Fsp3) is 0.0714. The fourth-order valence-electron chi connectivity index (χ4n) is 1.85. The molecule has 0 aliphatic carbocycles. The Morgan fingerprint density at radius 2 is 1.54 bits per heavy atom. The Hall–Kier alpha value is -2.43. The van der Waals surface area contributed by atoms with E-state index in [4.69, 9.17) is 4.55 Å². The maximum absolute atomic E-state index is 12.3. The molecule has 0 aliphatic rings. The zero-order valence-corrected chi connectivity index (χ0v) is 14.1. The second-order valence-electron chi connectivity index (χ2n) is 4.81. The molecule has 8 nitrogen and oxygen atoms in total. The highest BCUT2D eigenvalue weighted by molar-refractivity contribution is 7.92. The minimum Gasteiger partial charge on any atom is -0.326 e. The van der Waals surface area contributed by atoms with Gasteiger partial charge in [0.1, 0.15) is 0 Å². The van der Waals surface area contributed by atoms with E-state index in [2.05, 4.69) is 10.0 Å². The smallest absolute Gasteiger partial charge is 0.294 e. The zero-order chi connectivity index (χ0) is 18.0. The highest BCUT2D eigenvalue weighted by atomic mass is 32.2. The van der Waals surface area contributed by atoms with E-state index < -0.39 is 25.0 Å². The van der Waals surface area contributed by atoms with E-state index in [1.165, 1.54) is 43.3 Å². The first kappa shape index (κ1) is 17.9. The van der Waals surface area contributed by atoms with Crippen molar-refractivity contribution in [2.75, 3.05) is 10.0 Å². The summed E-state index contributed by atoms with van der Waals surface area (Å²) in [5, 5.41) is 2.51. The van der Waals surface area contributed by atoms with Gasteiger partial charge in [-0.15, -0.1) is 0 Å². The molecule has 128 valence electrons. The average Bonchev–Trinajstić information content (AvgIpc) is 2.46. The van der Waals surface area contributed by atoms with Gasteiger partial charge in [-0.25, -0.2) is 8.42 Å². The molecule has 0 saturated carbocycles. The molecule has 2 aromatic rings. The summed E-state index contributed by atoms with van der Waals surface area (Å²) in [4.78, 5) is 10.4. The van der Waals surface area contributed by atoms with Crippen molar-refractivity contribution in [3.63, 3.8) is 0 Å². The van der Waals surface area contributed by atoms with Crippen LogP contribution in [0.2, 0.25) is 0 Å². The third-order valence-electron chi connectivity index (χ3n) is 2.87. The number of hydrogen-bond acceptors (Lipinski definition) is 5. The second-order valence-corrected chi connectivity index (χ2v) is 7.92. The molecule has 10 heteroatoms. The third kappa shape index (κ3) is 4.54. The number of sulfonamides is 1. The number of hydrogen-bond donors (Lipinski definition) is 3. The molecule has 0 saturated heterocycles. The standard InChI is InChI=1S/C14H14N2O6S2/c1-10(17)15-11-5-7-13(8-6-11)23(18,19)16-12-3-2-4-14(9-12)24(20,21)22/h2-9,16H,1H3,(H,15,17)(H,20,21,22). The van der Waals surface area contributed by atoms with Crippen molar-refractivity contribution in [3.05, 3.63) is 48.5 Å². The van der Waals surface area contributed by atoms with Crippen LogP contribution in [0.3, 0.4) is 0 Å². The first-order valence-corrected chi connectivity index (χ1v) is 9.48. The molecule has 0 unspecified atom stereocenters. The summed E-state index contributed by atoms with van der Waals surface area (Å²) in [6, 6.07) is 10.2. The number of anilines is 2. The fourth-order valence-corrected chi connectivity index (χ4v) is 3.43. The maximum atomic E-state index is 12.3. The van der Waals surface area contributed by atoms with Gasteiger partial charge in [-0.05, 0) is 42.5 Å². The second kappa shape index (κ2) is 6.59. The Morgan fingerprint density at radius 1 is 0.917 bits per heavy atom. The van der Waals surface area contributed by atoms with Gasteiger partial charge in [-0.3, -0.25) is 14.1 Å². The lowest BCUT2D eigenvalue weighted by molar-refractivity contribution is -0.114. The average molecular weight is 370 g/mol. The first-order valence-electron chi connectivity index (χ1n) is 6.56. The predicted molar refractivity (Wildman–Crippen MR) is 87.8 cm³/mol. The lowest BCUT2D eigenvalue weighted by Gasteiger charge is -2.09. The number of rotatable bonds is 5. The van der Waals surface area contributed by atoms with Crippen LogP contribution in [0.15, 0.2) is 58.3 Å². The van der Waals surface area contributed by atoms with Gasteiger partial charge in [0.2, 0.25) is 5.91 Å². The quantitative estimate of drug-likeness (QED) is 0.687. The summed E-state index contributed by atoms with van der Waals surface area (Å²) < 4.78 is 58.0. The van der Waals surface area contributed by atoms with Gasteiger partial charge in [0, 0.05) is 12.6 Å². The highest BCUT2D eigenvalue weighted by Gasteiger charge is 2.16. The summed E-state index contributed by atoms with van der Waals surface area (Å²) in [7, 11) is -8.40. The number of carbonyl (C=O) groups is 1. The molecule has 3 N–H and O–H groups in total. The Bertz CT molecular complexity index is 967. The molecule has 0 heterocycles. The van der Waals surface area contributed by atoms with Crippen molar-refractivity contribution in [3.8, 4) is 0 Å². The van der Waals surface area contributed by atoms with E-state index in [0.29, 0.717) is 5.69 Å². The zero-order valence-electron chi connectivity index (χ0n) is 12.4. The lowest BCUT2D eigenvalue weighted by Crippen LogP contribution is -2.13. The van der Waals surface area contributed by atoms with Gasteiger partial charge in [-0.1, -0.05) is 6.07 Å². The van der Waals surface area contributed by atoms with Crippen molar-refractivity contribution < 1.29 is 26.2 Å². The Balaban J connectivity index is 2.27. The summed E-state index contributed by atoms with van der Waals surface area (Å²) in [5.41, 5.74) is 0.422. The van der Waals surface area contributed by atoms with Crippen molar-refractivity contribution in [2.24, 2.45) is 0 Å². The Morgan fingerprint density at radius 3 is 2.08 bits per heavy atom. The summed E-state index contributed by atoms with van der Waals surface area (Å²) in [6.07, 6.45) is 0. The summed E-state index contributed by atoms with van der Waals surface area (Å²) >= 11 is 0. The van der Waals surface area contributed by atoms with Crippen LogP contribution in [0.4, 0.5) is 11.4 Å². The van der Waals surface area contributed by atoms with Gasteiger partial charge in [0.15, 0.2) is 0 Å². The van der Waals surface area contributed by atoms with Crippen LogP contribution in [0.5, 0.6) is 0 Å². The number of amides is 1. The Labute approximate surface area is 139 Å². The van der Waals surface area contributed by atoms with E-state index >= 15 is 0 Å². The van der Waals surface area contributed by atoms with Crippen LogP contribution in [0, 0.1) is 0 Å².